The van der Waals surface area contributed by atoms with Crippen molar-refractivity contribution in [3.63, 3.8) is 0 Å². The number of hydrogen-bond donors (Lipinski definition) is 1. The molecule has 0 unspecified atom stereocenters. The Morgan fingerprint density at radius 3 is 2.48 bits per heavy atom. The van der Waals surface area contributed by atoms with Crippen molar-refractivity contribution in [3.05, 3.63) is 63.6 Å². The SMILES string of the molecule is CCCOC(=O)[C@H](C)c1c(C)n(C(=O)c2ccc(Cl)c(F)c2)c2cc(F)c(O)c(F)c12. The highest BCUT2D eigenvalue weighted by molar-refractivity contribution is 6.30. The van der Waals surface area contributed by atoms with E-state index in [9.17, 15) is 27.9 Å². The van der Waals surface area contributed by atoms with Crippen molar-refractivity contribution in [1.29, 1.82) is 0 Å². The molecule has 0 fully saturated rings. The lowest BCUT2D eigenvalue weighted by Crippen LogP contribution is -2.17. The summed E-state index contributed by atoms with van der Waals surface area (Å²) in [7, 11) is 0. The summed E-state index contributed by atoms with van der Waals surface area (Å²) in [6, 6.07) is 4.15. The molecule has 5 nitrogen and oxygen atoms in total. The molecular weight excluding hydrogens is 435 g/mol. The van der Waals surface area contributed by atoms with Crippen molar-refractivity contribution >= 4 is 34.4 Å². The number of aromatic nitrogens is 1. The molecule has 0 aliphatic carbocycles. The Kier molecular flexibility index (Phi) is 6.31. The number of hydrogen-bond acceptors (Lipinski definition) is 4. The normalized spacial score (nSPS) is 12.2. The monoisotopic (exact) mass is 453 g/mol. The number of halogens is 4. The van der Waals surface area contributed by atoms with Crippen LogP contribution < -0.4 is 0 Å². The molecule has 0 saturated carbocycles. The van der Waals surface area contributed by atoms with E-state index in [1.165, 1.54) is 26.0 Å². The van der Waals surface area contributed by atoms with Gasteiger partial charge in [-0.05, 0) is 44.0 Å². The number of esters is 1. The Labute approximate surface area is 181 Å². The maximum Gasteiger partial charge on any atom is 0.313 e. The zero-order valence-corrected chi connectivity index (χ0v) is 17.7. The predicted octanol–water partition coefficient (Wildman–Crippen LogP) is 5.47. The molecule has 0 saturated heterocycles. The van der Waals surface area contributed by atoms with Crippen LogP contribution in [0.4, 0.5) is 13.2 Å². The highest BCUT2D eigenvalue weighted by atomic mass is 35.5. The van der Waals surface area contributed by atoms with E-state index < -0.39 is 41.0 Å². The van der Waals surface area contributed by atoms with Crippen molar-refractivity contribution < 1.29 is 32.6 Å². The van der Waals surface area contributed by atoms with Crippen LogP contribution in [-0.4, -0.2) is 28.2 Å². The molecule has 2 aromatic carbocycles. The summed E-state index contributed by atoms with van der Waals surface area (Å²) in [5, 5.41) is 9.30. The van der Waals surface area contributed by atoms with Crippen molar-refractivity contribution in [1.82, 2.24) is 4.57 Å². The minimum atomic E-state index is -1.31. The third kappa shape index (κ3) is 3.87. The minimum Gasteiger partial charge on any atom is -0.503 e. The molecule has 31 heavy (non-hydrogen) atoms. The van der Waals surface area contributed by atoms with Gasteiger partial charge in [0.15, 0.2) is 17.4 Å². The second-order valence-electron chi connectivity index (χ2n) is 7.07. The van der Waals surface area contributed by atoms with Crippen molar-refractivity contribution in [2.24, 2.45) is 0 Å². The molecule has 164 valence electrons. The van der Waals surface area contributed by atoms with Crippen LogP contribution in [-0.2, 0) is 9.53 Å². The van der Waals surface area contributed by atoms with Crippen LogP contribution in [0.5, 0.6) is 5.75 Å². The number of phenols is 1. The van der Waals surface area contributed by atoms with Gasteiger partial charge in [0.05, 0.1) is 23.1 Å². The molecule has 3 aromatic rings. The average Bonchev–Trinajstić information content (AvgIpc) is 3.02. The number of phenolic OH excluding ortho intramolecular Hbond substituents is 1. The first-order valence-electron chi connectivity index (χ1n) is 9.48. The zero-order chi connectivity index (χ0) is 23.0. The summed E-state index contributed by atoms with van der Waals surface area (Å²) in [5.41, 5.74) is -0.147. The molecule has 1 heterocycles. The molecule has 0 amide bonds. The number of nitrogens with zero attached hydrogens (tertiary/aromatic N) is 1. The van der Waals surface area contributed by atoms with Gasteiger partial charge in [0.25, 0.3) is 5.91 Å². The van der Waals surface area contributed by atoms with Crippen molar-refractivity contribution in [2.75, 3.05) is 6.61 Å². The van der Waals surface area contributed by atoms with E-state index in [-0.39, 0.29) is 39.4 Å². The fourth-order valence-corrected chi connectivity index (χ4v) is 3.62. The largest absolute Gasteiger partial charge is 0.503 e. The number of aromatic hydroxyl groups is 1. The van der Waals surface area contributed by atoms with Gasteiger partial charge in [-0.3, -0.25) is 14.2 Å². The second kappa shape index (κ2) is 8.63. The fourth-order valence-electron chi connectivity index (χ4n) is 3.51. The number of rotatable bonds is 5. The quantitative estimate of drug-likeness (QED) is 0.520. The van der Waals surface area contributed by atoms with Crippen LogP contribution >= 0.6 is 11.6 Å². The zero-order valence-electron chi connectivity index (χ0n) is 16.9. The van der Waals surface area contributed by atoms with Gasteiger partial charge in [-0.25, -0.2) is 13.2 Å². The Bertz CT molecular complexity index is 1210. The van der Waals surface area contributed by atoms with Gasteiger partial charge >= 0.3 is 5.97 Å². The van der Waals surface area contributed by atoms with E-state index in [0.29, 0.717) is 6.42 Å². The van der Waals surface area contributed by atoms with E-state index in [4.69, 9.17) is 16.3 Å². The maximum atomic E-state index is 14.9. The molecule has 1 atom stereocenters. The molecular formula is C22H19ClF3NO4. The molecule has 0 aliphatic rings. The number of carbonyl (C=O) groups excluding carboxylic acids is 2. The molecule has 9 heteroatoms. The Balaban J connectivity index is 2.29. The Morgan fingerprint density at radius 1 is 1.19 bits per heavy atom. The third-order valence-corrected chi connectivity index (χ3v) is 5.32. The summed E-state index contributed by atoms with van der Waals surface area (Å²) < 4.78 is 49.1. The van der Waals surface area contributed by atoms with E-state index in [1.54, 1.807) is 6.92 Å². The molecule has 0 spiro atoms. The maximum absolute atomic E-state index is 14.9. The van der Waals surface area contributed by atoms with Gasteiger partial charge in [-0.2, -0.15) is 0 Å². The van der Waals surface area contributed by atoms with Crippen molar-refractivity contribution in [2.45, 2.75) is 33.1 Å². The third-order valence-electron chi connectivity index (χ3n) is 5.01. The number of ether oxygens (including phenoxy) is 1. The van der Waals surface area contributed by atoms with E-state index in [2.05, 4.69) is 0 Å². The predicted molar refractivity (Wildman–Crippen MR) is 109 cm³/mol. The first kappa shape index (κ1) is 22.7. The second-order valence-corrected chi connectivity index (χ2v) is 7.48. The summed E-state index contributed by atoms with van der Waals surface area (Å²) in [4.78, 5) is 25.6. The summed E-state index contributed by atoms with van der Waals surface area (Å²) >= 11 is 5.67. The average molecular weight is 454 g/mol. The fraction of sp³-hybridized carbons (Fsp3) is 0.273. The summed E-state index contributed by atoms with van der Waals surface area (Å²) in [5.74, 6) is -7.15. The van der Waals surface area contributed by atoms with E-state index in [1.807, 2.05) is 0 Å². The standard InChI is InChI=1S/C22H19ClF3NO4/c1-4-7-31-22(30)10(2)17-11(3)27(16-9-15(25)20(28)19(26)18(16)17)21(29)12-5-6-13(23)14(24)8-12/h5-6,8-10,28H,4,7H2,1-3H3/t10-/m1/s1. The minimum absolute atomic E-state index is 0.0617. The first-order valence-corrected chi connectivity index (χ1v) is 9.86. The van der Waals surface area contributed by atoms with Gasteiger partial charge in [-0.15, -0.1) is 0 Å². The van der Waals surface area contributed by atoms with Gasteiger partial charge in [0.2, 0.25) is 0 Å². The number of fused-ring (bicyclic) bond motifs is 1. The van der Waals surface area contributed by atoms with Gasteiger partial charge in [0.1, 0.15) is 5.82 Å². The lowest BCUT2D eigenvalue weighted by molar-refractivity contribution is -0.145. The van der Waals surface area contributed by atoms with Gasteiger partial charge in [0, 0.05) is 22.7 Å². The Morgan fingerprint density at radius 2 is 1.87 bits per heavy atom. The smallest absolute Gasteiger partial charge is 0.313 e. The van der Waals surface area contributed by atoms with Crippen LogP contribution in [0.3, 0.4) is 0 Å². The molecule has 0 radical (unpaired) electrons. The van der Waals surface area contributed by atoms with Crippen LogP contribution in [0.15, 0.2) is 24.3 Å². The topological polar surface area (TPSA) is 68.5 Å². The highest BCUT2D eigenvalue weighted by Crippen LogP contribution is 2.39. The molecule has 0 aliphatic heterocycles. The Hall–Kier alpha value is -3.00. The van der Waals surface area contributed by atoms with Crippen LogP contribution in [0, 0.1) is 24.4 Å². The number of benzene rings is 2. The van der Waals surface area contributed by atoms with Crippen molar-refractivity contribution in [3.8, 4) is 5.75 Å². The highest BCUT2D eigenvalue weighted by Gasteiger charge is 2.31. The molecule has 1 aromatic heterocycles. The summed E-state index contributed by atoms with van der Waals surface area (Å²) in [6.07, 6.45) is 0.570. The molecule has 3 rings (SSSR count). The number of carbonyl (C=O) groups is 2. The lowest BCUT2D eigenvalue weighted by Gasteiger charge is -2.13. The summed E-state index contributed by atoms with van der Waals surface area (Å²) in [6.45, 7) is 4.85. The van der Waals surface area contributed by atoms with Crippen LogP contribution in [0.2, 0.25) is 5.02 Å². The lowest BCUT2D eigenvalue weighted by atomic mass is 9.97. The van der Waals surface area contributed by atoms with Crippen LogP contribution in [0.25, 0.3) is 10.9 Å². The van der Waals surface area contributed by atoms with Gasteiger partial charge < -0.3 is 9.84 Å². The van der Waals surface area contributed by atoms with Gasteiger partial charge in [-0.1, -0.05) is 18.5 Å². The molecule has 0 bridgehead atoms. The van der Waals surface area contributed by atoms with E-state index >= 15 is 0 Å². The first-order chi connectivity index (χ1) is 14.6. The molecule has 1 N–H and O–H groups in total. The van der Waals surface area contributed by atoms with Crippen LogP contribution in [0.1, 0.15) is 47.8 Å². The van der Waals surface area contributed by atoms with E-state index in [0.717, 1.165) is 16.7 Å².